The van der Waals surface area contributed by atoms with Crippen LogP contribution in [-0.4, -0.2) is 36.1 Å². The molecule has 0 heterocycles. The van der Waals surface area contributed by atoms with E-state index in [1.165, 1.54) is 5.56 Å². The van der Waals surface area contributed by atoms with Gasteiger partial charge in [0.1, 0.15) is 0 Å². The zero-order valence-corrected chi connectivity index (χ0v) is 13.4. The van der Waals surface area contributed by atoms with E-state index >= 15 is 0 Å². The van der Waals surface area contributed by atoms with Crippen LogP contribution in [0.25, 0.3) is 0 Å². The molecule has 0 aliphatic carbocycles. The lowest BCUT2D eigenvalue weighted by atomic mass is 9.89. The minimum absolute atomic E-state index is 0.194. The Labute approximate surface area is 123 Å². The molecule has 0 unspecified atom stereocenters. The lowest BCUT2D eigenvalue weighted by Crippen LogP contribution is -2.34. The maximum atomic E-state index is 10.8. The lowest BCUT2D eigenvalue weighted by Gasteiger charge is -2.29. The number of halogens is 1. The van der Waals surface area contributed by atoms with Gasteiger partial charge in [-0.05, 0) is 36.6 Å². The van der Waals surface area contributed by atoms with Gasteiger partial charge < -0.3 is 10.0 Å². The largest absolute Gasteiger partial charge is 0.481 e. The standard InChI is InChI=1S/C15H22BrNO2/c1-15(2,10-14(18)19)11-17(3)9-8-12-4-6-13(16)7-5-12/h4-7H,8-11H2,1-3H3,(H,18,19). The maximum absolute atomic E-state index is 10.8. The molecule has 1 aromatic rings. The molecule has 0 bridgehead atoms. The summed E-state index contributed by atoms with van der Waals surface area (Å²) in [6.45, 7) is 5.72. The van der Waals surface area contributed by atoms with Crippen molar-refractivity contribution < 1.29 is 9.90 Å². The van der Waals surface area contributed by atoms with Crippen LogP contribution < -0.4 is 0 Å². The predicted molar refractivity (Wildman–Crippen MR) is 81.4 cm³/mol. The van der Waals surface area contributed by atoms with Crippen molar-refractivity contribution in [2.24, 2.45) is 5.41 Å². The topological polar surface area (TPSA) is 40.5 Å². The van der Waals surface area contributed by atoms with Gasteiger partial charge in [-0.25, -0.2) is 0 Å². The fourth-order valence-electron chi connectivity index (χ4n) is 2.25. The highest BCUT2D eigenvalue weighted by Crippen LogP contribution is 2.21. The van der Waals surface area contributed by atoms with Crippen molar-refractivity contribution in [1.29, 1.82) is 0 Å². The van der Waals surface area contributed by atoms with Gasteiger partial charge in [0.05, 0.1) is 6.42 Å². The molecule has 1 rings (SSSR count). The number of likely N-dealkylation sites (N-methyl/N-ethyl adjacent to an activating group) is 1. The van der Waals surface area contributed by atoms with Crippen LogP contribution in [0.3, 0.4) is 0 Å². The molecule has 1 aromatic carbocycles. The summed E-state index contributed by atoms with van der Waals surface area (Å²) in [4.78, 5) is 13.0. The molecule has 19 heavy (non-hydrogen) atoms. The smallest absolute Gasteiger partial charge is 0.303 e. The van der Waals surface area contributed by atoms with Gasteiger partial charge in [0.25, 0.3) is 0 Å². The third-order valence-electron chi connectivity index (χ3n) is 3.02. The van der Waals surface area contributed by atoms with Gasteiger partial charge in [-0.1, -0.05) is 41.9 Å². The molecule has 0 saturated carbocycles. The number of aliphatic carboxylic acids is 1. The molecule has 0 aliphatic rings. The Balaban J connectivity index is 2.41. The van der Waals surface area contributed by atoms with E-state index in [1.54, 1.807) is 0 Å². The van der Waals surface area contributed by atoms with Gasteiger partial charge in [0.2, 0.25) is 0 Å². The fraction of sp³-hybridized carbons (Fsp3) is 0.533. The van der Waals surface area contributed by atoms with Gasteiger partial charge in [-0.3, -0.25) is 4.79 Å². The first-order valence-corrected chi connectivity index (χ1v) is 7.22. The van der Waals surface area contributed by atoms with E-state index < -0.39 is 5.97 Å². The second-order valence-electron chi connectivity index (χ2n) is 5.85. The van der Waals surface area contributed by atoms with E-state index in [4.69, 9.17) is 5.11 Å². The zero-order chi connectivity index (χ0) is 14.5. The molecule has 0 amide bonds. The summed E-state index contributed by atoms with van der Waals surface area (Å²) in [7, 11) is 2.04. The minimum atomic E-state index is -0.730. The number of carboxylic acids is 1. The molecule has 4 heteroatoms. The van der Waals surface area contributed by atoms with Gasteiger partial charge in [-0.2, -0.15) is 0 Å². The Bertz CT molecular complexity index is 415. The van der Waals surface area contributed by atoms with Crippen molar-refractivity contribution >= 4 is 21.9 Å². The van der Waals surface area contributed by atoms with Crippen molar-refractivity contribution in [3.05, 3.63) is 34.3 Å². The Hall–Kier alpha value is -0.870. The summed E-state index contributed by atoms with van der Waals surface area (Å²) in [5.74, 6) is -0.730. The lowest BCUT2D eigenvalue weighted by molar-refractivity contribution is -0.139. The number of hydrogen-bond donors (Lipinski definition) is 1. The summed E-state index contributed by atoms with van der Waals surface area (Å²) in [5.41, 5.74) is 1.10. The summed E-state index contributed by atoms with van der Waals surface area (Å²) in [6.07, 6.45) is 1.18. The highest BCUT2D eigenvalue weighted by molar-refractivity contribution is 9.10. The minimum Gasteiger partial charge on any atom is -0.481 e. The van der Waals surface area contributed by atoms with E-state index in [0.29, 0.717) is 0 Å². The van der Waals surface area contributed by atoms with E-state index in [1.807, 2.05) is 33.0 Å². The third kappa shape index (κ3) is 6.73. The first kappa shape index (κ1) is 16.2. The fourth-order valence-corrected chi connectivity index (χ4v) is 2.51. The zero-order valence-electron chi connectivity index (χ0n) is 11.8. The van der Waals surface area contributed by atoms with Crippen LogP contribution >= 0.6 is 15.9 Å². The Kier molecular flexibility index (Phi) is 6.01. The van der Waals surface area contributed by atoms with Crippen LogP contribution in [0.4, 0.5) is 0 Å². The first-order valence-electron chi connectivity index (χ1n) is 6.43. The van der Waals surface area contributed by atoms with Gasteiger partial charge in [-0.15, -0.1) is 0 Å². The normalized spacial score (nSPS) is 11.8. The number of hydrogen-bond acceptors (Lipinski definition) is 2. The molecule has 1 N–H and O–H groups in total. The van der Waals surface area contributed by atoms with E-state index in [9.17, 15) is 4.79 Å². The summed E-state index contributed by atoms with van der Waals surface area (Å²) in [5, 5.41) is 8.87. The summed E-state index contributed by atoms with van der Waals surface area (Å²) >= 11 is 3.42. The van der Waals surface area contributed by atoms with E-state index in [2.05, 4.69) is 33.0 Å². The van der Waals surface area contributed by atoms with Crippen molar-refractivity contribution in [2.75, 3.05) is 20.1 Å². The van der Waals surface area contributed by atoms with Crippen molar-refractivity contribution in [2.45, 2.75) is 26.7 Å². The van der Waals surface area contributed by atoms with Crippen LogP contribution in [0.2, 0.25) is 0 Å². The monoisotopic (exact) mass is 327 g/mol. The number of carbonyl (C=O) groups is 1. The maximum Gasteiger partial charge on any atom is 0.303 e. The average molecular weight is 328 g/mol. The molecule has 106 valence electrons. The molecule has 0 saturated heterocycles. The van der Waals surface area contributed by atoms with Crippen LogP contribution in [0.5, 0.6) is 0 Å². The molecule has 0 radical (unpaired) electrons. The number of carboxylic acid groups (broad SMARTS) is 1. The molecule has 0 aromatic heterocycles. The molecular weight excluding hydrogens is 306 g/mol. The Morgan fingerprint density at radius 2 is 1.89 bits per heavy atom. The van der Waals surface area contributed by atoms with Crippen LogP contribution in [-0.2, 0) is 11.2 Å². The molecule has 3 nitrogen and oxygen atoms in total. The van der Waals surface area contributed by atoms with Crippen molar-refractivity contribution in [3.8, 4) is 0 Å². The van der Waals surface area contributed by atoms with Crippen LogP contribution in [0.15, 0.2) is 28.7 Å². The van der Waals surface area contributed by atoms with E-state index in [0.717, 1.165) is 24.0 Å². The van der Waals surface area contributed by atoms with Gasteiger partial charge in [0, 0.05) is 17.6 Å². The SMILES string of the molecule is CN(CCc1ccc(Br)cc1)CC(C)(C)CC(=O)O. The number of rotatable bonds is 7. The molecule has 0 atom stereocenters. The van der Waals surface area contributed by atoms with Crippen LogP contribution in [0, 0.1) is 5.41 Å². The molecular formula is C15H22BrNO2. The number of benzene rings is 1. The molecule has 0 fully saturated rings. The quantitative estimate of drug-likeness (QED) is 0.834. The van der Waals surface area contributed by atoms with Crippen LogP contribution in [0.1, 0.15) is 25.8 Å². The summed E-state index contributed by atoms with van der Waals surface area (Å²) in [6, 6.07) is 8.31. The predicted octanol–water partition coefficient (Wildman–Crippen LogP) is 3.42. The molecule has 0 spiro atoms. The summed E-state index contributed by atoms with van der Waals surface area (Å²) < 4.78 is 1.09. The van der Waals surface area contributed by atoms with Crippen molar-refractivity contribution in [1.82, 2.24) is 4.90 Å². The van der Waals surface area contributed by atoms with Gasteiger partial charge >= 0.3 is 5.97 Å². The Morgan fingerprint density at radius 1 is 1.32 bits per heavy atom. The highest BCUT2D eigenvalue weighted by atomic mass is 79.9. The van der Waals surface area contributed by atoms with Gasteiger partial charge in [0.15, 0.2) is 0 Å². The Morgan fingerprint density at radius 3 is 2.42 bits per heavy atom. The van der Waals surface area contributed by atoms with E-state index in [-0.39, 0.29) is 11.8 Å². The second kappa shape index (κ2) is 7.06. The first-order chi connectivity index (χ1) is 8.78. The average Bonchev–Trinajstić information content (AvgIpc) is 2.25. The third-order valence-corrected chi connectivity index (χ3v) is 3.55. The van der Waals surface area contributed by atoms with Crippen molar-refractivity contribution in [3.63, 3.8) is 0 Å². The molecule has 0 aliphatic heterocycles. The number of nitrogens with zero attached hydrogens (tertiary/aromatic N) is 1. The highest BCUT2D eigenvalue weighted by Gasteiger charge is 2.23. The second-order valence-corrected chi connectivity index (χ2v) is 6.76.